The minimum Gasteiger partial charge on any atom is -0.494 e. The lowest BCUT2D eigenvalue weighted by Gasteiger charge is -2.12. The van der Waals surface area contributed by atoms with Gasteiger partial charge in [0, 0.05) is 12.6 Å². The Labute approximate surface area is 112 Å². The first kappa shape index (κ1) is 15.0. The molecule has 0 saturated heterocycles. The molecule has 0 bridgehead atoms. The largest absolute Gasteiger partial charge is 0.494 e. The highest BCUT2D eigenvalue weighted by molar-refractivity contribution is 5.27. The fourth-order valence-corrected chi connectivity index (χ4v) is 1.55. The van der Waals surface area contributed by atoms with Crippen LogP contribution in [0.15, 0.2) is 24.3 Å². The molecule has 0 aliphatic carbocycles. The molecular formula is C16H27NO. The molecule has 0 amide bonds. The predicted octanol–water partition coefficient (Wildman–Crippen LogP) is 4.00. The van der Waals surface area contributed by atoms with Gasteiger partial charge < -0.3 is 10.1 Å². The van der Waals surface area contributed by atoms with Crippen LogP contribution in [0, 0.1) is 5.92 Å². The van der Waals surface area contributed by atoms with Crippen molar-refractivity contribution in [3.8, 4) is 5.75 Å². The molecule has 0 aliphatic heterocycles. The molecule has 1 N–H and O–H groups in total. The zero-order chi connectivity index (χ0) is 13.4. The van der Waals surface area contributed by atoms with Gasteiger partial charge in [-0.3, -0.25) is 0 Å². The first-order valence-corrected chi connectivity index (χ1v) is 7.07. The molecule has 18 heavy (non-hydrogen) atoms. The third-order valence-corrected chi connectivity index (χ3v) is 3.15. The molecule has 0 aromatic heterocycles. The van der Waals surface area contributed by atoms with Crippen LogP contribution in [0.3, 0.4) is 0 Å². The van der Waals surface area contributed by atoms with Gasteiger partial charge in [-0.15, -0.1) is 0 Å². The van der Waals surface area contributed by atoms with E-state index in [1.165, 1.54) is 5.56 Å². The molecule has 2 nitrogen and oxygen atoms in total. The monoisotopic (exact) mass is 249 g/mol. The highest BCUT2D eigenvalue weighted by atomic mass is 16.5. The van der Waals surface area contributed by atoms with E-state index in [0.717, 1.165) is 31.7 Å². The first-order chi connectivity index (χ1) is 8.61. The van der Waals surface area contributed by atoms with Gasteiger partial charge in [0.2, 0.25) is 0 Å². The second kappa shape index (κ2) is 8.15. The summed E-state index contributed by atoms with van der Waals surface area (Å²) >= 11 is 0. The summed E-state index contributed by atoms with van der Waals surface area (Å²) in [6, 6.07) is 8.98. The highest BCUT2D eigenvalue weighted by Crippen LogP contribution is 2.13. The third kappa shape index (κ3) is 6.06. The lowest BCUT2D eigenvalue weighted by Crippen LogP contribution is -2.24. The van der Waals surface area contributed by atoms with E-state index in [0.29, 0.717) is 12.0 Å². The van der Waals surface area contributed by atoms with Crippen molar-refractivity contribution in [2.24, 2.45) is 5.92 Å². The van der Waals surface area contributed by atoms with Gasteiger partial charge in [-0.1, -0.05) is 32.9 Å². The summed E-state index contributed by atoms with van der Waals surface area (Å²) in [6.07, 6.45) is 2.27. The fourth-order valence-electron chi connectivity index (χ4n) is 1.55. The van der Waals surface area contributed by atoms with Crippen molar-refractivity contribution in [3.05, 3.63) is 29.8 Å². The summed E-state index contributed by atoms with van der Waals surface area (Å²) < 4.78 is 5.70. The molecule has 0 unspecified atom stereocenters. The minimum absolute atomic E-state index is 0.576. The molecule has 2 heteroatoms. The number of rotatable bonds is 8. The Morgan fingerprint density at radius 3 is 2.33 bits per heavy atom. The highest BCUT2D eigenvalue weighted by Gasteiger charge is 2.00. The summed E-state index contributed by atoms with van der Waals surface area (Å²) in [4.78, 5) is 0. The van der Waals surface area contributed by atoms with E-state index in [9.17, 15) is 0 Å². The standard InChI is InChI=1S/C16H27NO/c1-5-14(4)17-12-15-6-8-16(9-7-15)18-11-10-13(2)3/h6-9,13-14,17H,5,10-12H2,1-4H3/t14-/m1/s1. The Hall–Kier alpha value is -1.02. The van der Waals surface area contributed by atoms with Gasteiger partial charge in [-0.25, -0.2) is 0 Å². The van der Waals surface area contributed by atoms with Crippen LogP contribution < -0.4 is 10.1 Å². The number of hydrogen-bond acceptors (Lipinski definition) is 2. The molecule has 0 radical (unpaired) electrons. The van der Waals surface area contributed by atoms with Crippen molar-refractivity contribution in [2.75, 3.05) is 6.61 Å². The molecule has 102 valence electrons. The normalized spacial score (nSPS) is 12.7. The van der Waals surface area contributed by atoms with Gasteiger partial charge in [0.05, 0.1) is 6.61 Å². The Morgan fingerprint density at radius 2 is 1.78 bits per heavy atom. The van der Waals surface area contributed by atoms with Gasteiger partial charge >= 0.3 is 0 Å². The second-order valence-electron chi connectivity index (χ2n) is 5.37. The summed E-state index contributed by atoms with van der Waals surface area (Å²) in [5, 5.41) is 3.49. The molecule has 0 heterocycles. The molecular weight excluding hydrogens is 222 g/mol. The van der Waals surface area contributed by atoms with Gasteiger partial charge in [0.15, 0.2) is 0 Å². The van der Waals surface area contributed by atoms with Crippen molar-refractivity contribution in [3.63, 3.8) is 0 Å². The van der Waals surface area contributed by atoms with E-state index >= 15 is 0 Å². The summed E-state index contributed by atoms with van der Waals surface area (Å²) in [5.74, 6) is 1.67. The molecule has 1 atom stereocenters. The van der Waals surface area contributed by atoms with E-state index in [1.807, 2.05) is 0 Å². The maximum absolute atomic E-state index is 5.70. The molecule has 0 fully saturated rings. The van der Waals surface area contributed by atoms with Crippen LogP contribution in [0.4, 0.5) is 0 Å². The van der Waals surface area contributed by atoms with E-state index < -0.39 is 0 Å². The summed E-state index contributed by atoms with van der Waals surface area (Å²) in [7, 11) is 0. The van der Waals surface area contributed by atoms with Crippen LogP contribution in [0.1, 0.15) is 46.1 Å². The van der Waals surface area contributed by atoms with Crippen LogP contribution in [-0.4, -0.2) is 12.6 Å². The number of nitrogens with one attached hydrogen (secondary N) is 1. The lowest BCUT2D eigenvalue weighted by atomic mass is 10.1. The Morgan fingerprint density at radius 1 is 1.11 bits per heavy atom. The zero-order valence-electron chi connectivity index (χ0n) is 12.2. The SMILES string of the molecule is CC[C@@H](C)NCc1ccc(OCCC(C)C)cc1. The van der Waals surface area contributed by atoms with Crippen LogP contribution in [0.25, 0.3) is 0 Å². The number of benzene rings is 1. The fraction of sp³-hybridized carbons (Fsp3) is 0.625. The Balaban J connectivity index is 2.33. The van der Waals surface area contributed by atoms with E-state index in [4.69, 9.17) is 4.74 Å². The Kier molecular flexibility index (Phi) is 6.81. The van der Waals surface area contributed by atoms with Gasteiger partial charge in [0.1, 0.15) is 5.75 Å². The van der Waals surface area contributed by atoms with Crippen molar-refractivity contribution >= 4 is 0 Å². The summed E-state index contributed by atoms with van der Waals surface area (Å²) in [5.41, 5.74) is 1.31. The van der Waals surface area contributed by atoms with E-state index in [-0.39, 0.29) is 0 Å². The molecule has 1 aromatic carbocycles. The third-order valence-electron chi connectivity index (χ3n) is 3.15. The average Bonchev–Trinajstić information content (AvgIpc) is 2.37. The smallest absolute Gasteiger partial charge is 0.119 e. The van der Waals surface area contributed by atoms with E-state index in [1.54, 1.807) is 0 Å². The van der Waals surface area contributed by atoms with Crippen molar-refractivity contribution < 1.29 is 4.74 Å². The maximum atomic E-state index is 5.70. The van der Waals surface area contributed by atoms with Crippen molar-refractivity contribution in [1.82, 2.24) is 5.32 Å². The first-order valence-electron chi connectivity index (χ1n) is 7.07. The average molecular weight is 249 g/mol. The van der Waals surface area contributed by atoms with E-state index in [2.05, 4.69) is 57.3 Å². The Bertz CT molecular complexity index is 318. The second-order valence-corrected chi connectivity index (χ2v) is 5.37. The number of ether oxygens (including phenoxy) is 1. The molecule has 0 spiro atoms. The maximum Gasteiger partial charge on any atom is 0.119 e. The van der Waals surface area contributed by atoms with Crippen molar-refractivity contribution in [2.45, 2.75) is 53.1 Å². The van der Waals surface area contributed by atoms with Crippen LogP contribution in [-0.2, 0) is 6.54 Å². The molecule has 1 aromatic rings. The molecule has 0 saturated carbocycles. The zero-order valence-corrected chi connectivity index (χ0v) is 12.2. The van der Waals surface area contributed by atoms with Crippen LogP contribution in [0.2, 0.25) is 0 Å². The minimum atomic E-state index is 0.576. The molecule has 1 rings (SSSR count). The quantitative estimate of drug-likeness (QED) is 0.752. The molecule has 0 aliphatic rings. The topological polar surface area (TPSA) is 21.3 Å². The van der Waals surface area contributed by atoms with Crippen LogP contribution >= 0.6 is 0 Å². The van der Waals surface area contributed by atoms with Gasteiger partial charge in [-0.2, -0.15) is 0 Å². The lowest BCUT2D eigenvalue weighted by molar-refractivity contribution is 0.289. The van der Waals surface area contributed by atoms with Gasteiger partial charge in [0.25, 0.3) is 0 Å². The van der Waals surface area contributed by atoms with Crippen molar-refractivity contribution in [1.29, 1.82) is 0 Å². The predicted molar refractivity (Wildman–Crippen MR) is 78.0 cm³/mol. The van der Waals surface area contributed by atoms with Crippen LogP contribution in [0.5, 0.6) is 5.75 Å². The summed E-state index contributed by atoms with van der Waals surface area (Å²) in [6.45, 7) is 10.6. The van der Waals surface area contributed by atoms with Gasteiger partial charge in [-0.05, 0) is 43.4 Å². The number of hydrogen-bond donors (Lipinski definition) is 1.